The molecule has 2 atom stereocenters. The van der Waals surface area contributed by atoms with Gasteiger partial charge in [-0.25, -0.2) is 4.79 Å². The molecule has 138 valence electrons. The molecule has 3 rings (SSSR count). The second-order valence-corrected chi connectivity index (χ2v) is 9.08. The molecular formula is C18H23Cl3N2O2. The van der Waals surface area contributed by atoms with Crippen molar-refractivity contribution in [3.05, 3.63) is 27.2 Å². The molecule has 0 aliphatic carbocycles. The number of rotatable bonds is 2. The van der Waals surface area contributed by atoms with Crippen LogP contribution in [-0.2, 0) is 4.74 Å². The molecule has 2 unspecified atom stereocenters. The Morgan fingerprint density at radius 2 is 1.64 bits per heavy atom. The number of benzene rings is 1. The van der Waals surface area contributed by atoms with Gasteiger partial charge in [-0.15, -0.1) is 0 Å². The van der Waals surface area contributed by atoms with Crippen molar-refractivity contribution in [1.29, 1.82) is 0 Å². The monoisotopic (exact) mass is 404 g/mol. The summed E-state index contributed by atoms with van der Waals surface area (Å²) in [6.45, 7) is 5.68. The van der Waals surface area contributed by atoms with Gasteiger partial charge < -0.3 is 15.0 Å². The molecule has 0 spiro atoms. The van der Waals surface area contributed by atoms with Crippen molar-refractivity contribution in [1.82, 2.24) is 4.90 Å². The third-order valence-corrected chi connectivity index (χ3v) is 5.51. The van der Waals surface area contributed by atoms with Gasteiger partial charge in [0.2, 0.25) is 0 Å². The number of anilines is 1. The molecule has 1 aromatic rings. The molecule has 2 fully saturated rings. The molecule has 1 aromatic carbocycles. The Bertz CT molecular complexity index is 638. The summed E-state index contributed by atoms with van der Waals surface area (Å²) < 4.78 is 5.57. The Hall–Kier alpha value is -0.840. The maximum absolute atomic E-state index is 12.5. The van der Waals surface area contributed by atoms with E-state index in [-0.39, 0.29) is 24.2 Å². The molecule has 2 saturated heterocycles. The number of carbonyl (C=O) groups is 1. The average molecular weight is 406 g/mol. The zero-order valence-corrected chi connectivity index (χ0v) is 16.9. The first-order chi connectivity index (χ1) is 11.6. The minimum Gasteiger partial charge on any atom is -0.444 e. The van der Waals surface area contributed by atoms with Crippen LogP contribution in [0.15, 0.2) is 12.1 Å². The fourth-order valence-electron chi connectivity index (χ4n) is 3.79. The predicted molar refractivity (Wildman–Crippen MR) is 103 cm³/mol. The van der Waals surface area contributed by atoms with Gasteiger partial charge in [-0.05, 0) is 58.6 Å². The molecule has 0 saturated carbocycles. The van der Waals surface area contributed by atoms with Crippen LogP contribution in [0.5, 0.6) is 0 Å². The molecule has 1 N–H and O–H groups in total. The van der Waals surface area contributed by atoms with Crippen LogP contribution >= 0.6 is 34.8 Å². The molecule has 2 aliphatic rings. The molecule has 25 heavy (non-hydrogen) atoms. The third-order valence-electron chi connectivity index (χ3n) is 4.69. The SMILES string of the molecule is CC(C)(C)OC(=O)N1C2CCC1CC(Nc1c(Cl)cc(Cl)cc1Cl)C2. The van der Waals surface area contributed by atoms with Gasteiger partial charge in [0, 0.05) is 23.1 Å². The number of carbonyl (C=O) groups excluding carboxylic acids is 1. The standard InChI is InChI=1S/C18H23Cl3N2O2/c1-18(2,3)25-17(24)23-12-4-5-13(23)9-11(8-12)22-16-14(20)6-10(19)7-15(16)21/h6-7,11-13,22H,4-5,8-9H2,1-3H3. The maximum atomic E-state index is 12.5. The van der Waals surface area contributed by atoms with E-state index < -0.39 is 5.60 Å². The molecule has 4 nitrogen and oxygen atoms in total. The lowest BCUT2D eigenvalue weighted by Gasteiger charge is -2.40. The first-order valence-corrected chi connectivity index (χ1v) is 9.70. The zero-order chi connectivity index (χ0) is 18.4. The van der Waals surface area contributed by atoms with E-state index in [0.717, 1.165) is 25.7 Å². The van der Waals surface area contributed by atoms with Crippen molar-refractivity contribution in [2.24, 2.45) is 0 Å². The minimum absolute atomic E-state index is 0.191. The number of nitrogens with one attached hydrogen (secondary N) is 1. The van der Waals surface area contributed by atoms with Gasteiger partial charge in [0.05, 0.1) is 15.7 Å². The molecule has 1 amide bonds. The lowest BCUT2D eigenvalue weighted by atomic mass is 9.97. The number of ether oxygens (including phenoxy) is 1. The summed E-state index contributed by atoms with van der Waals surface area (Å²) in [6.07, 6.45) is 3.51. The first-order valence-electron chi connectivity index (χ1n) is 8.56. The number of fused-ring (bicyclic) bond motifs is 2. The van der Waals surface area contributed by atoms with Gasteiger partial charge in [-0.2, -0.15) is 0 Å². The van der Waals surface area contributed by atoms with Crippen LogP contribution in [0.1, 0.15) is 46.5 Å². The zero-order valence-electron chi connectivity index (χ0n) is 14.6. The lowest BCUT2D eigenvalue weighted by molar-refractivity contribution is 0.00684. The fourth-order valence-corrected chi connectivity index (χ4v) is 4.72. The van der Waals surface area contributed by atoms with E-state index in [9.17, 15) is 4.79 Å². The van der Waals surface area contributed by atoms with Crippen LogP contribution in [-0.4, -0.2) is 34.7 Å². The molecule has 0 radical (unpaired) electrons. The van der Waals surface area contributed by atoms with Crippen molar-refractivity contribution in [2.75, 3.05) is 5.32 Å². The third kappa shape index (κ3) is 4.29. The van der Waals surface area contributed by atoms with E-state index in [4.69, 9.17) is 39.5 Å². The molecule has 0 aromatic heterocycles. The number of piperidine rings is 1. The summed E-state index contributed by atoms with van der Waals surface area (Å²) in [4.78, 5) is 14.4. The van der Waals surface area contributed by atoms with Crippen molar-refractivity contribution < 1.29 is 9.53 Å². The van der Waals surface area contributed by atoms with Crippen LogP contribution in [0, 0.1) is 0 Å². The number of hydrogen-bond donors (Lipinski definition) is 1. The lowest BCUT2D eigenvalue weighted by Crippen LogP contribution is -2.51. The second kappa shape index (κ2) is 7.05. The van der Waals surface area contributed by atoms with Crippen LogP contribution in [0.3, 0.4) is 0 Å². The number of halogens is 3. The van der Waals surface area contributed by atoms with Crippen LogP contribution < -0.4 is 5.32 Å². The van der Waals surface area contributed by atoms with Gasteiger partial charge in [-0.3, -0.25) is 0 Å². The van der Waals surface area contributed by atoms with Gasteiger partial charge in [0.25, 0.3) is 0 Å². The Kier molecular flexibility index (Phi) is 5.34. The van der Waals surface area contributed by atoms with Gasteiger partial charge in [0.15, 0.2) is 0 Å². The Balaban J connectivity index is 1.69. The first kappa shape index (κ1) is 18.9. The van der Waals surface area contributed by atoms with E-state index in [1.165, 1.54) is 0 Å². The number of amides is 1. The Morgan fingerprint density at radius 1 is 1.12 bits per heavy atom. The van der Waals surface area contributed by atoms with E-state index in [1.54, 1.807) is 12.1 Å². The van der Waals surface area contributed by atoms with Crippen molar-refractivity contribution in [3.63, 3.8) is 0 Å². The van der Waals surface area contributed by atoms with E-state index in [1.807, 2.05) is 25.7 Å². The highest BCUT2D eigenvalue weighted by molar-refractivity contribution is 6.41. The minimum atomic E-state index is -0.476. The largest absolute Gasteiger partial charge is 0.444 e. The fraction of sp³-hybridized carbons (Fsp3) is 0.611. The number of hydrogen-bond acceptors (Lipinski definition) is 3. The van der Waals surface area contributed by atoms with Gasteiger partial charge in [0.1, 0.15) is 5.60 Å². The van der Waals surface area contributed by atoms with Gasteiger partial charge >= 0.3 is 6.09 Å². The van der Waals surface area contributed by atoms with Crippen molar-refractivity contribution in [2.45, 2.75) is 70.2 Å². The van der Waals surface area contributed by atoms with Crippen LogP contribution in [0.4, 0.5) is 10.5 Å². The highest BCUT2D eigenvalue weighted by Crippen LogP contribution is 2.40. The Labute approximate surface area is 163 Å². The average Bonchev–Trinajstić information content (AvgIpc) is 2.73. The smallest absolute Gasteiger partial charge is 0.410 e. The highest BCUT2D eigenvalue weighted by atomic mass is 35.5. The normalized spacial score (nSPS) is 25.8. The topological polar surface area (TPSA) is 41.6 Å². The summed E-state index contributed by atoms with van der Waals surface area (Å²) in [6, 6.07) is 3.96. The summed E-state index contributed by atoms with van der Waals surface area (Å²) in [7, 11) is 0. The summed E-state index contributed by atoms with van der Waals surface area (Å²) in [5.74, 6) is 0. The second-order valence-electron chi connectivity index (χ2n) is 7.83. The predicted octanol–water partition coefficient (Wildman–Crippen LogP) is 5.99. The van der Waals surface area contributed by atoms with Gasteiger partial charge in [-0.1, -0.05) is 34.8 Å². The van der Waals surface area contributed by atoms with Crippen LogP contribution in [0.2, 0.25) is 15.1 Å². The number of nitrogens with zero attached hydrogens (tertiary/aromatic N) is 1. The molecule has 2 heterocycles. The van der Waals surface area contributed by atoms with E-state index in [2.05, 4.69) is 5.32 Å². The van der Waals surface area contributed by atoms with E-state index >= 15 is 0 Å². The summed E-state index contributed by atoms with van der Waals surface area (Å²) in [5, 5.41) is 4.99. The molecule has 2 bridgehead atoms. The van der Waals surface area contributed by atoms with Crippen molar-refractivity contribution >= 4 is 46.6 Å². The Morgan fingerprint density at radius 3 is 2.12 bits per heavy atom. The maximum Gasteiger partial charge on any atom is 0.410 e. The van der Waals surface area contributed by atoms with Crippen LogP contribution in [0.25, 0.3) is 0 Å². The molecule has 2 aliphatic heterocycles. The van der Waals surface area contributed by atoms with E-state index in [0.29, 0.717) is 20.8 Å². The molecule has 7 heteroatoms. The summed E-state index contributed by atoms with van der Waals surface area (Å²) >= 11 is 18.5. The van der Waals surface area contributed by atoms with Crippen molar-refractivity contribution in [3.8, 4) is 0 Å². The highest BCUT2D eigenvalue weighted by Gasteiger charge is 2.45. The quantitative estimate of drug-likeness (QED) is 0.657. The summed E-state index contributed by atoms with van der Waals surface area (Å²) in [5.41, 5.74) is 0.235. The molecular weight excluding hydrogens is 383 g/mol.